The highest BCUT2D eigenvalue weighted by Gasteiger charge is 2.12. The smallest absolute Gasteiger partial charge is 0.256 e. The van der Waals surface area contributed by atoms with Gasteiger partial charge in [0.05, 0.1) is 11.7 Å². The second-order valence-corrected chi connectivity index (χ2v) is 5.58. The molecule has 0 aliphatic rings. The molecule has 2 aromatic heterocycles. The van der Waals surface area contributed by atoms with E-state index in [0.717, 1.165) is 22.0 Å². The third-order valence-electron chi connectivity index (χ3n) is 3.89. The number of nitrogens with zero attached hydrogens (tertiary/aromatic N) is 2. The number of rotatable bonds is 3. The van der Waals surface area contributed by atoms with Gasteiger partial charge in [0.25, 0.3) is 5.91 Å². The molecule has 4 rings (SSSR count). The number of aromatic hydroxyl groups is 1. The molecular weight excluding hydrogens is 316 g/mol. The molecule has 0 aliphatic carbocycles. The molecule has 0 saturated heterocycles. The van der Waals surface area contributed by atoms with Crippen LogP contribution in [0.2, 0.25) is 0 Å². The summed E-state index contributed by atoms with van der Waals surface area (Å²) < 4.78 is 0. The van der Waals surface area contributed by atoms with Crippen LogP contribution in [0, 0.1) is 0 Å². The molecule has 0 saturated carbocycles. The predicted molar refractivity (Wildman–Crippen MR) is 95.4 cm³/mol. The van der Waals surface area contributed by atoms with E-state index in [2.05, 4.69) is 20.5 Å². The predicted octanol–water partition coefficient (Wildman–Crippen LogP) is 3.58. The van der Waals surface area contributed by atoms with Crippen LogP contribution in [-0.4, -0.2) is 26.2 Å². The van der Waals surface area contributed by atoms with Crippen LogP contribution in [0.5, 0.6) is 5.75 Å². The number of aromatic amines is 1. The number of nitrogens with one attached hydrogen (secondary N) is 2. The molecule has 122 valence electrons. The van der Waals surface area contributed by atoms with Crippen molar-refractivity contribution < 1.29 is 9.90 Å². The maximum absolute atomic E-state index is 12.3. The Morgan fingerprint density at radius 3 is 2.64 bits per heavy atom. The van der Waals surface area contributed by atoms with Gasteiger partial charge in [-0.15, -0.1) is 0 Å². The quantitative estimate of drug-likeness (QED) is 0.535. The van der Waals surface area contributed by atoms with E-state index in [1.54, 1.807) is 24.4 Å². The van der Waals surface area contributed by atoms with Gasteiger partial charge in [-0.3, -0.25) is 14.9 Å². The molecule has 0 spiro atoms. The Morgan fingerprint density at radius 2 is 1.84 bits per heavy atom. The number of amides is 1. The molecule has 0 atom stereocenters. The number of hydrogen-bond acceptors (Lipinski definition) is 4. The lowest BCUT2D eigenvalue weighted by atomic mass is 10.1. The zero-order chi connectivity index (χ0) is 17.2. The minimum absolute atomic E-state index is 0.0994. The van der Waals surface area contributed by atoms with Crippen LogP contribution in [0.15, 0.2) is 67.0 Å². The first-order chi connectivity index (χ1) is 12.2. The number of benzene rings is 2. The van der Waals surface area contributed by atoms with Gasteiger partial charge in [0.2, 0.25) is 0 Å². The number of pyridine rings is 1. The molecule has 0 unspecified atom stereocenters. The second-order valence-electron chi connectivity index (χ2n) is 5.58. The van der Waals surface area contributed by atoms with Crippen molar-refractivity contribution in [3.63, 3.8) is 0 Å². The summed E-state index contributed by atoms with van der Waals surface area (Å²) in [5, 5.41) is 20.3. The minimum Gasteiger partial charge on any atom is -0.506 e. The van der Waals surface area contributed by atoms with Gasteiger partial charge in [0, 0.05) is 22.7 Å². The Balaban J connectivity index is 1.71. The van der Waals surface area contributed by atoms with Gasteiger partial charge >= 0.3 is 0 Å². The summed E-state index contributed by atoms with van der Waals surface area (Å²) in [6, 6.07) is 16.3. The van der Waals surface area contributed by atoms with Crippen molar-refractivity contribution in [3.05, 3.63) is 72.6 Å². The molecule has 6 nitrogen and oxygen atoms in total. The molecule has 2 heterocycles. The summed E-state index contributed by atoms with van der Waals surface area (Å²) >= 11 is 0. The lowest BCUT2D eigenvalue weighted by Crippen LogP contribution is -2.12. The van der Waals surface area contributed by atoms with Crippen molar-refractivity contribution in [1.29, 1.82) is 0 Å². The van der Waals surface area contributed by atoms with Crippen LogP contribution in [0.4, 0.5) is 5.82 Å². The zero-order valence-corrected chi connectivity index (χ0v) is 13.1. The van der Waals surface area contributed by atoms with E-state index in [-0.39, 0.29) is 11.7 Å². The number of H-pyrrole nitrogens is 1. The van der Waals surface area contributed by atoms with E-state index in [1.807, 2.05) is 36.4 Å². The fraction of sp³-hybridized carbons (Fsp3) is 0. The number of aromatic nitrogens is 3. The SMILES string of the molecule is O=C(Nc1n[nH]c2ccc(-c3cncc(O)c3)cc12)c1ccccc1. The van der Waals surface area contributed by atoms with Crippen molar-refractivity contribution in [2.45, 2.75) is 0 Å². The third-order valence-corrected chi connectivity index (χ3v) is 3.89. The van der Waals surface area contributed by atoms with Crippen molar-refractivity contribution in [3.8, 4) is 16.9 Å². The highest BCUT2D eigenvalue weighted by molar-refractivity contribution is 6.08. The zero-order valence-electron chi connectivity index (χ0n) is 13.1. The maximum Gasteiger partial charge on any atom is 0.256 e. The number of hydrogen-bond donors (Lipinski definition) is 3. The van der Waals surface area contributed by atoms with E-state index in [4.69, 9.17) is 0 Å². The second kappa shape index (κ2) is 6.09. The summed E-state index contributed by atoms with van der Waals surface area (Å²) in [6.45, 7) is 0. The molecule has 0 aliphatic heterocycles. The standard InChI is InChI=1S/C19H14N4O2/c24-15-8-14(10-20-11-15)13-6-7-17-16(9-13)18(23-22-17)21-19(25)12-4-2-1-3-5-12/h1-11,24H,(H2,21,22,23,25). The Kier molecular flexibility index (Phi) is 3.63. The molecule has 3 N–H and O–H groups in total. The summed E-state index contributed by atoms with van der Waals surface area (Å²) in [5.41, 5.74) is 3.02. The largest absolute Gasteiger partial charge is 0.506 e. The average Bonchev–Trinajstić information content (AvgIpc) is 3.04. The average molecular weight is 330 g/mol. The fourth-order valence-electron chi connectivity index (χ4n) is 2.64. The topological polar surface area (TPSA) is 90.9 Å². The number of anilines is 1. The van der Waals surface area contributed by atoms with Crippen molar-refractivity contribution in [2.75, 3.05) is 5.32 Å². The first-order valence-electron chi connectivity index (χ1n) is 7.69. The van der Waals surface area contributed by atoms with Crippen LogP contribution < -0.4 is 5.32 Å². The summed E-state index contributed by atoms with van der Waals surface area (Å²) in [5.74, 6) is 0.333. The van der Waals surface area contributed by atoms with Gasteiger partial charge in [-0.05, 0) is 35.9 Å². The lowest BCUT2D eigenvalue weighted by Gasteiger charge is -2.04. The Morgan fingerprint density at radius 1 is 1.00 bits per heavy atom. The molecule has 4 aromatic rings. The van der Waals surface area contributed by atoms with Gasteiger partial charge < -0.3 is 10.4 Å². The molecule has 0 radical (unpaired) electrons. The normalized spacial score (nSPS) is 10.7. The van der Waals surface area contributed by atoms with E-state index < -0.39 is 0 Å². The minimum atomic E-state index is -0.224. The van der Waals surface area contributed by atoms with E-state index >= 15 is 0 Å². The molecule has 6 heteroatoms. The Labute approximate surface area is 143 Å². The van der Waals surface area contributed by atoms with Gasteiger partial charge in [0.15, 0.2) is 5.82 Å². The van der Waals surface area contributed by atoms with Crippen LogP contribution in [0.3, 0.4) is 0 Å². The van der Waals surface area contributed by atoms with Crippen LogP contribution in [-0.2, 0) is 0 Å². The highest BCUT2D eigenvalue weighted by atomic mass is 16.3. The van der Waals surface area contributed by atoms with Crippen molar-refractivity contribution >= 4 is 22.6 Å². The van der Waals surface area contributed by atoms with Crippen molar-refractivity contribution in [2.24, 2.45) is 0 Å². The first-order valence-corrected chi connectivity index (χ1v) is 7.69. The van der Waals surface area contributed by atoms with E-state index in [1.165, 1.54) is 6.20 Å². The molecule has 0 bridgehead atoms. The highest BCUT2D eigenvalue weighted by Crippen LogP contribution is 2.28. The molecule has 2 aromatic carbocycles. The molecule has 25 heavy (non-hydrogen) atoms. The van der Waals surface area contributed by atoms with Gasteiger partial charge in [0.1, 0.15) is 5.75 Å². The summed E-state index contributed by atoms with van der Waals surface area (Å²) in [6.07, 6.45) is 3.05. The van der Waals surface area contributed by atoms with Gasteiger partial charge in [-0.1, -0.05) is 24.3 Å². The number of carbonyl (C=O) groups is 1. The third kappa shape index (κ3) is 2.92. The monoisotopic (exact) mass is 330 g/mol. The maximum atomic E-state index is 12.3. The lowest BCUT2D eigenvalue weighted by molar-refractivity contribution is 0.102. The van der Waals surface area contributed by atoms with Crippen molar-refractivity contribution in [1.82, 2.24) is 15.2 Å². The molecule has 1 amide bonds. The summed E-state index contributed by atoms with van der Waals surface area (Å²) in [7, 11) is 0. The number of fused-ring (bicyclic) bond motifs is 1. The number of carbonyl (C=O) groups excluding carboxylic acids is 1. The van der Waals surface area contributed by atoms with Crippen LogP contribution in [0.1, 0.15) is 10.4 Å². The van der Waals surface area contributed by atoms with Crippen LogP contribution >= 0.6 is 0 Å². The van der Waals surface area contributed by atoms with E-state index in [9.17, 15) is 9.90 Å². The van der Waals surface area contributed by atoms with Gasteiger partial charge in [-0.2, -0.15) is 5.10 Å². The summed E-state index contributed by atoms with van der Waals surface area (Å²) in [4.78, 5) is 16.3. The molecular formula is C19H14N4O2. The van der Waals surface area contributed by atoms with E-state index in [0.29, 0.717) is 11.4 Å². The Bertz CT molecular complexity index is 1060. The van der Waals surface area contributed by atoms with Crippen LogP contribution in [0.25, 0.3) is 22.0 Å². The Hall–Kier alpha value is -3.67. The molecule has 0 fully saturated rings. The van der Waals surface area contributed by atoms with Gasteiger partial charge in [-0.25, -0.2) is 0 Å². The fourth-order valence-corrected chi connectivity index (χ4v) is 2.64. The first kappa shape index (κ1) is 14.9.